The second-order valence-electron chi connectivity index (χ2n) is 11.8. The fourth-order valence-electron chi connectivity index (χ4n) is 5.85. The highest BCUT2D eigenvalue weighted by Gasteiger charge is 2.63. The fraction of sp³-hybridized carbons (Fsp3) is 0.593. The minimum absolute atomic E-state index is 0.0686. The maximum Gasteiger partial charge on any atom is 0.407 e. The van der Waals surface area contributed by atoms with Gasteiger partial charge in [-0.05, 0) is 63.9 Å². The molecule has 1 N–H and O–H groups in total. The van der Waals surface area contributed by atoms with E-state index in [0.29, 0.717) is 13.2 Å². The van der Waals surface area contributed by atoms with E-state index in [-0.39, 0.29) is 41.6 Å². The van der Waals surface area contributed by atoms with Crippen molar-refractivity contribution < 1.29 is 23.7 Å². The van der Waals surface area contributed by atoms with Gasteiger partial charge in [0.2, 0.25) is 0 Å². The first kappa shape index (κ1) is 23.3. The molecule has 36 heavy (non-hydrogen) atoms. The van der Waals surface area contributed by atoms with E-state index in [9.17, 15) is 9.59 Å². The number of benzene rings is 1. The second kappa shape index (κ2) is 8.50. The normalized spacial score (nSPS) is 28.2. The van der Waals surface area contributed by atoms with Crippen molar-refractivity contribution in [3.8, 4) is 0 Å². The van der Waals surface area contributed by atoms with Crippen LogP contribution in [-0.4, -0.2) is 51.5 Å². The van der Waals surface area contributed by atoms with Crippen LogP contribution in [-0.2, 0) is 16.2 Å². The Bertz CT molecular complexity index is 1130. The van der Waals surface area contributed by atoms with Crippen molar-refractivity contribution >= 4 is 12.1 Å². The molecule has 3 heterocycles. The smallest absolute Gasteiger partial charge is 0.407 e. The van der Waals surface area contributed by atoms with Gasteiger partial charge in [-0.15, -0.1) is 0 Å². The molecule has 192 valence electrons. The van der Waals surface area contributed by atoms with E-state index in [2.05, 4.69) is 10.5 Å². The Morgan fingerprint density at radius 1 is 1.22 bits per heavy atom. The highest BCUT2D eigenvalue weighted by Crippen LogP contribution is 2.62. The first-order valence-electron chi connectivity index (χ1n) is 12.9. The van der Waals surface area contributed by atoms with E-state index < -0.39 is 5.60 Å². The first-order chi connectivity index (χ1) is 17.2. The summed E-state index contributed by atoms with van der Waals surface area (Å²) in [6.07, 6.45) is 4.27. The van der Waals surface area contributed by atoms with Crippen molar-refractivity contribution in [3.63, 3.8) is 0 Å². The molecule has 2 aromatic rings. The number of nitrogens with zero attached hydrogens (tertiary/aromatic N) is 3. The molecular formula is C27H34N4O5. The molecule has 4 aliphatic rings. The minimum atomic E-state index is -0.514. The average molecular weight is 495 g/mol. The molecule has 4 fully saturated rings. The van der Waals surface area contributed by atoms with E-state index in [0.717, 1.165) is 49.1 Å². The maximum absolute atomic E-state index is 13.4. The minimum Gasteiger partial charge on any atom is -0.444 e. The zero-order chi connectivity index (χ0) is 25.1. The van der Waals surface area contributed by atoms with E-state index in [1.807, 2.05) is 62.1 Å². The highest BCUT2D eigenvalue weighted by molar-refractivity contribution is 5.77. The Kier molecular flexibility index (Phi) is 5.51. The van der Waals surface area contributed by atoms with E-state index in [4.69, 9.17) is 14.1 Å². The second-order valence-corrected chi connectivity index (χ2v) is 11.8. The summed E-state index contributed by atoms with van der Waals surface area (Å²) in [6, 6.07) is 11.9. The van der Waals surface area contributed by atoms with Gasteiger partial charge in [0.1, 0.15) is 23.7 Å². The lowest BCUT2D eigenvalue weighted by atomic mass is 9.78. The third-order valence-corrected chi connectivity index (χ3v) is 8.02. The topological polar surface area (TPSA) is 97.1 Å². The van der Waals surface area contributed by atoms with E-state index >= 15 is 0 Å². The van der Waals surface area contributed by atoms with Crippen LogP contribution < -0.4 is 5.32 Å². The summed E-state index contributed by atoms with van der Waals surface area (Å²) in [5.74, 6) is 1.03. The summed E-state index contributed by atoms with van der Waals surface area (Å²) in [5, 5.41) is 8.95. The lowest BCUT2D eigenvalue weighted by Gasteiger charge is -2.36. The Labute approximate surface area is 211 Å². The molecule has 9 heteroatoms. The maximum atomic E-state index is 13.4. The summed E-state index contributed by atoms with van der Waals surface area (Å²) in [4.78, 5) is 33.4. The number of rotatable bonds is 6. The highest BCUT2D eigenvalue weighted by atomic mass is 16.7. The fourth-order valence-corrected chi connectivity index (χ4v) is 5.85. The zero-order valence-corrected chi connectivity index (χ0v) is 21.1. The standard InChI is InChI=1S/C27H34N4O5/c1-26(2,3)35-24(32)28-19-11-18(12-19)22-13-20(29-36-22)21-14-27(9-10-27)23-15-30(21)25(33)31(23)34-16-17-7-5-4-6-8-17/h4-8,13,18-19,21,23H,9-12,14-16H2,1-3H3,(H,28,32)/t18-,19+,21-,23?/m0/s1. The predicted molar refractivity (Wildman–Crippen MR) is 130 cm³/mol. The van der Waals surface area contributed by atoms with Crippen molar-refractivity contribution in [2.75, 3.05) is 6.54 Å². The molecule has 3 amide bonds. The molecule has 6 rings (SSSR count). The molecule has 2 saturated carbocycles. The number of hydroxylamine groups is 2. The molecule has 1 unspecified atom stereocenters. The average Bonchev–Trinajstić information content (AvgIpc) is 3.28. The molecule has 0 radical (unpaired) electrons. The molecule has 1 spiro atoms. The Morgan fingerprint density at radius 2 is 1.97 bits per heavy atom. The molecule has 2 aliphatic carbocycles. The number of aromatic nitrogens is 1. The van der Waals surface area contributed by atoms with Gasteiger partial charge >= 0.3 is 12.1 Å². The van der Waals surface area contributed by atoms with Crippen LogP contribution >= 0.6 is 0 Å². The number of carbonyl (C=O) groups is 2. The summed E-state index contributed by atoms with van der Waals surface area (Å²) in [7, 11) is 0. The summed E-state index contributed by atoms with van der Waals surface area (Å²) < 4.78 is 11.1. The number of urea groups is 1. The SMILES string of the molecule is CC(C)(C)OC(=O)N[C@H]1C[C@@H](c2cc([C@@H]3CC4(CC4)C4CN3C(=O)N4OCc3ccccc3)no2)C1. The summed E-state index contributed by atoms with van der Waals surface area (Å²) >= 11 is 0. The van der Waals surface area contributed by atoms with Crippen LogP contribution in [0.25, 0.3) is 0 Å². The number of hydrogen-bond acceptors (Lipinski definition) is 6. The number of nitrogens with one attached hydrogen (secondary N) is 1. The van der Waals surface area contributed by atoms with Crippen molar-refractivity contribution in [2.45, 2.75) is 89.1 Å². The van der Waals surface area contributed by atoms with Crippen LogP contribution in [0.1, 0.15) is 81.9 Å². The summed E-state index contributed by atoms with van der Waals surface area (Å²) in [5.41, 5.74) is 1.45. The number of amides is 3. The molecule has 2 bridgehead atoms. The van der Waals surface area contributed by atoms with Gasteiger partial charge in [0.15, 0.2) is 0 Å². The van der Waals surface area contributed by atoms with Crippen molar-refractivity contribution in [1.82, 2.24) is 20.4 Å². The third-order valence-electron chi connectivity index (χ3n) is 8.02. The van der Waals surface area contributed by atoms with Gasteiger partial charge in [-0.25, -0.2) is 9.59 Å². The first-order valence-corrected chi connectivity index (χ1v) is 12.9. The van der Waals surface area contributed by atoms with Crippen LogP contribution in [0.3, 0.4) is 0 Å². The largest absolute Gasteiger partial charge is 0.444 e. The zero-order valence-electron chi connectivity index (χ0n) is 21.1. The number of carbonyl (C=O) groups excluding carboxylic acids is 2. The van der Waals surface area contributed by atoms with Gasteiger partial charge < -0.3 is 19.5 Å². The van der Waals surface area contributed by atoms with E-state index in [1.54, 1.807) is 5.06 Å². The van der Waals surface area contributed by atoms with Gasteiger partial charge in [0.05, 0.1) is 12.1 Å². The lowest BCUT2D eigenvalue weighted by molar-refractivity contribution is -0.153. The van der Waals surface area contributed by atoms with Gasteiger partial charge in [0.25, 0.3) is 0 Å². The van der Waals surface area contributed by atoms with Crippen molar-refractivity contribution in [2.24, 2.45) is 5.41 Å². The predicted octanol–water partition coefficient (Wildman–Crippen LogP) is 4.91. The van der Waals surface area contributed by atoms with Gasteiger partial charge in [-0.1, -0.05) is 35.5 Å². The molecule has 1 aromatic heterocycles. The molecule has 2 saturated heterocycles. The third kappa shape index (κ3) is 4.34. The molecular weight excluding hydrogens is 460 g/mol. The molecule has 2 aliphatic heterocycles. The quantitative estimate of drug-likeness (QED) is 0.613. The number of hydrogen-bond donors (Lipinski definition) is 1. The lowest BCUT2D eigenvalue weighted by Crippen LogP contribution is -2.45. The molecule has 1 aromatic carbocycles. The number of piperidine rings is 1. The Hall–Kier alpha value is -3.07. The Morgan fingerprint density at radius 3 is 2.67 bits per heavy atom. The van der Waals surface area contributed by atoms with Crippen molar-refractivity contribution in [1.29, 1.82) is 0 Å². The van der Waals surface area contributed by atoms with Gasteiger partial charge in [-0.3, -0.25) is 4.84 Å². The summed E-state index contributed by atoms with van der Waals surface area (Å²) in [6.45, 7) is 6.60. The molecule has 9 nitrogen and oxygen atoms in total. The van der Waals surface area contributed by atoms with Gasteiger partial charge in [-0.2, -0.15) is 5.06 Å². The Balaban J connectivity index is 1.09. The van der Waals surface area contributed by atoms with Crippen LogP contribution in [0.4, 0.5) is 9.59 Å². The molecule has 2 atom stereocenters. The van der Waals surface area contributed by atoms with Crippen LogP contribution in [0.15, 0.2) is 40.9 Å². The number of ether oxygens (including phenoxy) is 1. The van der Waals surface area contributed by atoms with Crippen LogP contribution in [0, 0.1) is 5.41 Å². The van der Waals surface area contributed by atoms with E-state index in [1.165, 1.54) is 0 Å². The number of alkyl carbamates (subject to hydrolysis) is 1. The van der Waals surface area contributed by atoms with Crippen LogP contribution in [0.2, 0.25) is 0 Å². The van der Waals surface area contributed by atoms with Crippen molar-refractivity contribution in [3.05, 3.63) is 53.4 Å². The monoisotopic (exact) mass is 494 g/mol. The van der Waals surface area contributed by atoms with Gasteiger partial charge in [0, 0.05) is 24.6 Å². The number of fused-ring (bicyclic) bond motifs is 3. The van der Waals surface area contributed by atoms with Crippen LogP contribution in [0.5, 0.6) is 0 Å².